The van der Waals surface area contributed by atoms with E-state index in [-0.39, 0.29) is 0 Å². The summed E-state index contributed by atoms with van der Waals surface area (Å²) in [5.41, 5.74) is 12.1. The molecule has 3 aromatic carbocycles. The third-order valence-corrected chi connectivity index (χ3v) is 6.43. The molecule has 0 atom stereocenters. The lowest BCUT2D eigenvalue weighted by Gasteiger charge is -2.16. The predicted octanol–water partition coefficient (Wildman–Crippen LogP) is 7.20. The smallest absolute Gasteiger partial charge is 0.0754 e. The number of benzene rings is 3. The van der Waals surface area contributed by atoms with Crippen LogP contribution < -0.4 is 0 Å². The van der Waals surface area contributed by atoms with Gasteiger partial charge in [-0.05, 0) is 39.9 Å². The lowest BCUT2D eigenvalue weighted by Crippen LogP contribution is -1.99. The summed E-state index contributed by atoms with van der Waals surface area (Å²) in [6.07, 6.45) is 1.77. The van der Waals surface area contributed by atoms with Crippen molar-refractivity contribution in [2.45, 2.75) is 12.8 Å². The monoisotopic (exact) mass is 399 g/mol. The average Bonchev–Trinajstić information content (AvgIpc) is 3.25. The Hall–Kier alpha value is -2.61. The predicted molar refractivity (Wildman–Crippen MR) is 116 cm³/mol. The van der Waals surface area contributed by atoms with Crippen molar-refractivity contribution in [1.29, 1.82) is 0 Å². The van der Waals surface area contributed by atoms with E-state index in [0.29, 0.717) is 10.0 Å². The van der Waals surface area contributed by atoms with E-state index in [1.165, 1.54) is 38.9 Å². The first-order chi connectivity index (χ1) is 13.7. The van der Waals surface area contributed by atoms with Crippen molar-refractivity contribution in [1.82, 2.24) is 4.98 Å². The van der Waals surface area contributed by atoms with E-state index in [4.69, 9.17) is 28.2 Å². The van der Waals surface area contributed by atoms with Gasteiger partial charge in [0, 0.05) is 39.6 Å². The van der Waals surface area contributed by atoms with Gasteiger partial charge in [-0.1, -0.05) is 77.8 Å². The molecule has 0 unspecified atom stereocenters. The molecule has 0 spiro atoms. The lowest BCUT2D eigenvalue weighted by atomic mass is 9.92. The van der Waals surface area contributed by atoms with Crippen LogP contribution >= 0.6 is 23.2 Å². The van der Waals surface area contributed by atoms with Crippen LogP contribution in [0.4, 0.5) is 0 Å². The van der Waals surface area contributed by atoms with Crippen molar-refractivity contribution in [3.8, 4) is 33.6 Å². The summed E-state index contributed by atoms with van der Waals surface area (Å²) in [6, 6.07) is 22.9. The molecule has 0 saturated carbocycles. The highest BCUT2D eigenvalue weighted by molar-refractivity contribution is 6.36. The van der Waals surface area contributed by atoms with E-state index in [1.807, 2.05) is 18.2 Å². The van der Waals surface area contributed by atoms with Crippen molar-refractivity contribution in [3.63, 3.8) is 0 Å². The molecule has 0 saturated heterocycles. The van der Waals surface area contributed by atoms with Crippen LogP contribution in [0.15, 0.2) is 66.7 Å². The summed E-state index contributed by atoms with van der Waals surface area (Å²) in [6.45, 7) is 0. The maximum absolute atomic E-state index is 6.69. The Balaban J connectivity index is 1.72. The number of hydrogen-bond acceptors (Lipinski definition) is 1. The molecule has 0 radical (unpaired) electrons. The van der Waals surface area contributed by atoms with Gasteiger partial charge in [0.2, 0.25) is 0 Å². The molecule has 134 valence electrons. The zero-order valence-corrected chi connectivity index (χ0v) is 16.5. The molecule has 2 aliphatic carbocycles. The third kappa shape index (κ3) is 2.24. The molecular formula is C25H15Cl2N. The van der Waals surface area contributed by atoms with Gasteiger partial charge in [-0.15, -0.1) is 0 Å². The SMILES string of the molecule is Clc1ccc(-c2c3c(nc4c2Cc2ccccc2-4)-c2ccccc2C3)c(Cl)c1. The van der Waals surface area contributed by atoms with Gasteiger partial charge in [0.05, 0.1) is 11.4 Å². The highest BCUT2D eigenvalue weighted by Crippen LogP contribution is 2.49. The van der Waals surface area contributed by atoms with Gasteiger partial charge in [0.1, 0.15) is 0 Å². The van der Waals surface area contributed by atoms with Gasteiger partial charge in [-0.25, -0.2) is 4.98 Å². The number of fused-ring (bicyclic) bond motifs is 6. The Morgan fingerprint density at radius 3 is 1.79 bits per heavy atom. The summed E-state index contributed by atoms with van der Waals surface area (Å²) >= 11 is 12.9. The van der Waals surface area contributed by atoms with Crippen molar-refractivity contribution >= 4 is 23.2 Å². The minimum atomic E-state index is 0.655. The molecule has 0 fully saturated rings. The van der Waals surface area contributed by atoms with Crippen LogP contribution in [0, 0.1) is 0 Å². The molecule has 0 N–H and O–H groups in total. The summed E-state index contributed by atoms with van der Waals surface area (Å²) in [7, 11) is 0. The van der Waals surface area contributed by atoms with Gasteiger partial charge >= 0.3 is 0 Å². The maximum Gasteiger partial charge on any atom is 0.0754 e. The van der Waals surface area contributed by atoms with Gasteiger partial charge in [0.25, 0.3) is 0 Å². The molecule has 28 heavy (non-hydrogen) atoms. The fraction of sp³-hybridized carbons (Fsp3) is 0.0800. The molecule has 2 aliphatic rings. The summed E-state index contributed by atoms with van der Waals surface area (Å²) < 4.78 is 0. The normalized spacial score (nSPS) is 13.1. The van der Waals surface area contributed by atoms with E-state index in [0.717, 1.165) is 29.8 Å². The van der Waals surface area contributed by atoms with E-state index in [9.17, 15) is 0 Å². The van der Waals surface area contributed by atoms with Gasteiger partial charge < -0.3 is 0 Å². The molecule has 4 aromatic rings. The van der Waals surface area contributed by atoms with Crippen LogP contribution in [0.25, 0.3) is 33.6 Å². The van der Waals surface area contributed by atoms with Crippen LogP contribution in [0.5, 0.6) is 0 Å². The molecule has 3 heteroatoms. The molecule has 1 nitrogen and oxygen atoms in total. The second kappa shape index (κ2) is 5.94. The molecule has 1 aromatic heterocycles. The third-order valence-electron chi connectivity index (χ3n) is 5.88. The minimum absolute atomic E-state index is 0.655. The van der Waals surface area contributed by atoms with Crippen LogP contribution in [-0.2, 0) is 12.8 Å². The first kappa shape index (κ1) is 16.4. The Kier molecular flexibility index (Phi) is 3.47. The first-order valence-electron chi connectivity index (χ1n) is 9.38. The Morgan fingerprint density at radius 1 is 0.643 bits per heavy atom. The van der Waals surface area contributed by atoms with Gasteiger partial charge in [-0.2, -0.15) is 0 Å². The summed E-state index contributed by atoms with van der Waals surface area (Å²) in [5.74, 6) is 0. The highest BCUT2D eigenvalue weighted by atomic mass is 35.5. The molecule has 0 bridgehead atoms. The number of aromatic nitrogens is 1. The number of nitrogens with zero attached hydrogens (tertiary/aromatic N) is 1. The average molecular weight is 400 g/mol. The number of rotatable bonds is 1. The van der Waals surface area contributed by atoms with E-state index in [1.54, 1.807) is 0 Å². The molecular weight excluding hydrogens is 385 g/mol. The van der Waals surface area contributed by atoms with Crippen molar-refractivity contribution < 1.29 is 0 Å². The lowest BCUT2D eigenvalue weighted by molar-refractivity contribution is 1.18. The van der Waals surface area contributed by atoms with Crippen LogP contribution in [0.1, 0.15) is 22.3 Å². The molecule has 0 aliphatic heterocycles. The Bertz CT molecular complexity index is 1220. The van der Waals surface area contributed by atoms with Crippen LogP contribution in [-0.4, -0.2) is 4.98 Å². The fourth-order valence-electron chi connectivity index (χ4n) is 4.66. The van der Waals surface area contributed by atoms with Gasteiger partial charge in [-0.3, -0.25) is 0 Å². The summed E-state index contributed by atoms with van der Waals surface area (Å²) in [4.78, 5) is 5.18. The topological polar surface area (TPSA) is 12.9 Å². The zero-order valence-electron chi connectivity index (χ0n) is 15.0. The molecule has 6 rings (SSSR count). The van der Waals surface area contributed by atoms with Gasteiger partial charge in [0.15, 0.2) is 0 Å². The van der Waals surface area contributed by atoms with Crippen molar-refractivity contribution in [3.05, 3.63) is 99.0 Å². The largest absolute Gasteiger partial charge is 0.247 e. The Labute approximate surface area is 173 Å². The second-order valence-electron chi connectivity index (χ2n) is 7.43. The second-order valence-corrected chi connectivity index (χ2v) is 8.28. The fourth-order valence-corrected chi connectivity index (χ4v) is 5.17. The number of pyridine rings is 1. The Morgan fingerprint density at radius 2 is 1.21 bits per heavy atom. The molecule has 1 heterocycles. The standard InChI is InChI=1S/C25H15Cl2N/c26-16-9-10-19(22(27)13-16)23-20-11-14-5-1-3-7-17(14)24(20)28-25-18-8-4-2-6-15(18)12-21(23)25/h1-10,13H,11-12H2. The maximum atomic E-state index is 6.69. The van der Waals surface area contributed by atoms with E-state index in [2.05, 4.69) is 48.5 Å². The van der Waals surface area contributed by atoms with Crippen LogP contribution in [0.2, 0.25) is 10.0 Å². The minimum Gasteiger partial charge on any atom is -0.247 e. The van der Waals surface area contributed by atoms with Crippen molar-refractivity contribution in [2.24, 2.45) is 0 Å². The molecule has 0 amide bonds. The first-order valence-corrected chi connectivity index (χ1v) is 10.1. The quantitative estimate of drug-likeness (QED) is 0.284. The van der Waals surface area contributed by atoms with E-state index >= 15 is 0 Å². The number of hydrogen-bond donors (Lipinski definition) is 0. The van der Waals surface area contributed by atoms with E-state index < -0.39 is 0 Å². The zero-order chi connectivity index (χ0) is 18.8. The van der Waals surface area contributed by atoms with Crippen LogP contribution in [0.3, 0.4) is 0 Å². The summed E-state index contributed by atoms with van der Waals surface area (Å²) in [5, 5.41) is 1.35. The van der Waals surface area contributed by atoms with Crippen molar-refractivity contribution in [2.75, 3.05) is 0 Å². The number of halogens is 2. The highest BCUT2D eigenvalue weighted by Gasteiger charge is 2.32.